The van der Waals surface area contributed by atoms with E-state index >= 15 is 0 Å². The molecule has 0 spiro atoms. The van der Waals surface area contributed by atoms with Crippen LogP contribution in [0.5, 0.6) is 0 Å². The topological polar surface area (TPSA) is 83.8 Å². The molecular formula is C16H23N3O4. The average Bonchev–Trinajstić information content (AvgIpc) is 3.17. The number of aryl methyl sites for hydroxylation is 1. The lowest BCUT2D eigenvalue weighted by atomic mass is 10.1. The van der Waals surface area contributed by atoms with Gasteiger partial charge in [-0.25, -0.2) is 0 Å². The molecule has 1 aromatic rings. The number of hydrogen-bond acceptors (Lipinski definition) is 5. The summed E-state index contributed by atoms with van der Waals surface area (Å²) in [5.41, 5.74) is 0. The van der Waals surface area contributed by atoms with Crippen LogP contribution in [-0.4, -0.2) is 55.6 Å². The van der Waals surface area contributed by atoms with Gasteiger partial charge < -0.3 is 19.8 Å². The van der Waals surface area contributed by atoms with Gasteiger partial charge in [0.2, 0.25) is 11.8 Å². The van der Waals surface area contributed by atoms with Gasteiger partial charge in [-0.05, 0) is 25.5 Å². The van der Waals surface area contributed by atoms with Gasteiger partial charge in [-0.15, -0.1) is 0 Å². The summed E-state index contributed by atoms with van der Waals surface area (Å²) in [6.07, 6.45) is 0.981. The van der Waals surface area contributed by atoms with Crippen LogP contribution in [0.3, 0.4) is 0 Å². The molecule has 2 amide bonds. The molecule has 2 fully saturated rings. The van der Waals surface area contributed by atoms with Crippen LogP contribution < -0.4 is 10.6 Å². The molecule has 2 aliphatic heterocycles. The first-order valence-corrected chi connectivity index (χ1v) is 8.08. The van der Waals surface area contributed by atoms with Crippen LogP contribution in [0.4, 0.5) is 0 Å². The smallest absolute Gasteiger partial charge is 0.242 e. The Labute approximate surface area is 135 Å². The fourth-order valence-corrected chi connectivity index (χ4v) is 3.06. The number of amides is 2. The molecule has 2 saturated heterocycles. The van der Waals surface area contributed by atoms with Gasteiger partial charge in [0, 0.05) is 26.1 Å². The van der Waals surface area contributed by atoms with Crippen LogP contribution in [0.15, 0.2) is 16.5 Å². The standard InChI is InChI=1S/C16H23N3O4/c1-11-2-4-14(23-11)13(19-6-8-22-9-7-19)10-17-16(21)12-3-5-15(20)18-12/h2,4,12-13H,3,5-10H2,1H3,(H,17,21)(H,18,20)/t12-,13-/m0/s1. The summed E-state index contributed by atoms with van der Waals surface area (Å²) in [6, 6.07) is 3.46. The van der Waals surface area contributed by atoms with Crippen molar-refractivity contribution < 1.29 is 18.7 Å². The Morgan fingerprint density at radius 1 is 1.43 bits per heavy atom. The van der Waals surface area contributed by atoms with Gasteiger partial charge in [-0.2, -0.15) is 0 Å². The Morgan fingerprint density at radius 3 is 2.83 bits per heavy atom. The molecule has 126 valence electrons. The molecule has 2 aliphatic rings. The zero-order chi connectivity index (χ0) is 16.2. The number of rotatable bonds is 5. The molecule has 3 rings (SSSR count). The molecule has 2 N–H and O–H groups in total. The SMILES string of the molecule is Cc1ccc([C@H](CNC(=O)[C@@H]2CCC(=O)N2)N2CCOCC2)o1. The second-order valence-corrected chi connectivity index (χ2v) is 6.02. The molecule has 23 heavy (non-hydrogen) atoms. The third-order valence-electron chi connectivity index (χ3n) is 4.36. The molecule has 0 saturated carbocycles. The van der Waals surface area contributed by atoms with E-state index in [4.69, 9.17) is 9.15 Å². The molecule has 7 nitrogen and oxygen atoms in total. The summed E-state index contributed by atoms with van der Waals surface area (Å²) in [4.78, 5) is 25.7. The van der Waals surface area contributed by atoms with E-state index in [0.29, 0.717) is 32.6 Å². The van der Waals surface area contributed by atoms with Crippen LogP contribution in [0.25, 0.3) is 0 Å². The van der Waals surface area contributed by atoms with Gasteiger partial charge in [0.1, 0.15) is 17.6 Å². The van der Waals surface area contributed by atoms with E-state index in [2.05, 4.69) is 15.5 Å². The Morgan fingerprint density at radius 2 is 2.22 bits per heavy atom. The third-order valence-corrected chi connectivity index (χ3v) is 4.36. The summed E-state index contributed by atoms with van der Waals surface area (Å²) in [7, 11) is 0. The maximum absolute atomic E-state index is 12.2. The number of ether oxygens (including phenoxy) is 1. The fourth-order valence-electron chi connectivity index (χ4n) is 3.06. The predicted molar refractivity (Wildman–Crippen MR) is 82.8 cm³/mol. The third kappa shape index (κ3) is 3.92. The Hall–Kier alpha value is -1.86. The van der Waals surface area contributed by atoms with Crippen LogP contribution >= 0.6 is 0 Å². The number of carbonyl (C=O) groups is 2. The molecular weight excluding hydrogens is 298 g/mol. The fraction of sp³-hybridized carbons (Fsp3) is 0.625. The zero-order valence-electron chi connectivity index (χ0n) is 13.3. The quantitative estimate of drug-likeness (QED) is 0.818. The van der Waals surface area contributed by atoms with Gasteiger partial charge in [0.15, 0.2) is 0 Å². The lowest BCUT2D eigenvalue weighted by Gasteiger charge is -2.33. The normalized spacial score (nSPS) is 23.5. The average molecular weight is 321 g/mol. The van der Waals surface area contributed by atoms with Crippen molar-refractivity contribution in [1.29, 1.82) is 0 Å². The van der Waals surface area contributed by atoms with E-state index < -0.39 is 6.04 Å². The monoisotopic (exact) mass is 321 g/mol. The molecule has 7 heteroatoms. The zero-order valence-corrected chi connectivity index (χ0v) is 13.3. The first-order chi connectivity index (χ1) is 11.1. The summed E-state index contributed by atoms with van der Waals surface area (Å²) < 4.78 is 11.2. The Kier molecular flexibility index (Phi) is 4.97. The van der Waals surface area contributed by atoms with Crippen molar-refractivity contribution in [3.05, 3.63) is 23.7 Å². The number of hydrogen-bond donors (Lipinski definition) is 2. The minimum atomic E-state index is -0.411. The number of nitrogens with one attached hydrogen (secondary N) is 2. The van der Waals surface area contributed by atoms with Crippen molar-refractivity contribution in [3.8, 4) is 0 Å². The van der Waals surface area contributed by atoms with Crippen molar-refractivity contribution in [3.63, 3.8) is 0 Å². The second kappa shape index (κ2) is 7.14. The van der Waals surface area contributed by atoms with E-state index in [1.807, 2.05) is 19.1 Å². The van der Waals surface area contributed by atoms with Crippen LogP contribution in [-0.2, 0) is 14.3 Å². The highest BCUT2D eigenvalue weighted by atomic mass is 16.5. The number of furan rings is 1. The molecule has 0 aromatic carbocycles. The highest BCUT2D eigenvalue weighted by Crippen LogP contribution is 2.23. The van der Waals surface area contributed by atoms with Gasteiger partial charge in [0.05, 0.1) is 19.3 Å². The maximum atomic E-state index is 12.2. The molecule has 2 atom stereocenters. The Balaban J connectivity index is 1.63. The summed E-state index contributed by atoms with van der Waals surface area (Å²) >= 11 is 0. The van der Waals surface area contributed by atoms with Crippen LogP contribution in [0.2, 0.25) is 0 Å². The van der Waals surface area contributed by atoms with Gasteiger partial charge >= 0.3 is 0 Å². The van der Waals surface area contributed by atoms with E-state index in [0.717, 1.165) is 24.6 Å². The maximum Gasteiger partial charge on any atom is 0.242 e. The number of nitrogens with zero attached hydrogens (tertiary/aromatic N) is 1. The molecule has 0 aliphatic carbocycles. The minimum absolute atomic E-state index is 0.0198. The minimum Gasteiger partial charge on any atom is -0.465 e. The second-order valence-electron chi connectivity index (χ2n) is 6.02. The first-order valence-electron chi connectivity index (χ1n) is 8.08. The molecule has 1 aromatic heterocycles. The van der Waals surface area contributed by atoms with Crippen molar-refractivity contribution >= 4 is 11.8 Å². The molecule has 3 heterocycles. The number of morpholine rings is 1. The molecule has 0 radical (unpaired) electrons. The first kappa shape index (κ1) is 16.0. The lowest BCUT2D eigenvalue weighted by molar-refractivity contribution is -0.126. The van der Waals surface area contributed by atoms with E-state index in [1.165, 1.54) is 0 Å². The largest absolute Gasteiger partial charge is 0.465 e. The molecule has 0 unspecified atom stereocenters. The summed E-state index contributed by atoms with van der Waals surface area (Å²) in [6.45, 7) is 5.34. The van der Waals surface area contributed by atoms with Crippen molar-refractivity contribution in [2.75, 3.05) is 32.8 Å². The summed E-state index contributed by atoms with van der Waals surface area (Å²) in [5, 5.41) is 5.65. The van der Waals surface area contributed by atoms with Gasteiger partial charge in [0.25, 0.3) is 0 Å². The van der Waals surface area contributed by atoms with Crippen molar-refractivity contribution in [2.24, 2.45) is 0 Å². The van der Waals surface area contributed by atoms with E-state index in [-0.39, 0.29) is 17.9 Å². The van der Waals surface area contributed by atoms with Crippen LogP contribution in [0, 0.1) is 6.92 Å². The number of carbonyl (C=O) groups excluding carboxylic acids is 2. The van der Waals surface area contributed by atoms with Crippen LogP contribution in [0.1, 0.15) is 30.4 Å². The van der Waals surface area contributed by atoms with Gasteiger partial charge in [-0.3, -0.25) is 14.5 Å². The van der Waals surface area contributed by atoms with E-state index in [9.17, 15) is 9.59 Å². The lowest BCUT2D eigenvalue weighted by Crippen LogP contribution is -2.47. The molecule has 0 bridgehead atoms. The summed E-state index contributed by atoms with van der Waals surface area (Å²) in [5.74, 6) is 1.52. The highest BCUT2D eigenvalue weighted by molar-refractivity contribution is 5.90. The van der Waals surface area contributed by atoms with Crippen molar-refractivity contribution in [2.45, 2.75) is 31.8 Å². The predicted octanol–water partition coefficient (Wildman–Crippen LogP) is 0.356. The van der Waals surface area contributed by atoms with E-state index in [1.54, 1.807) is 0 Å². The Bertz CT molecular complexity index is 565. The van der Waals surface area contributed by atoms with Crippen molar-refractivity contribution in [1.82, 2.24) is 15.5 Å². The highest BCUT2D eigenvalue weighted by Gasteiger charge is 2.30. The van der Waals surface area contributed by atoms with Gasteiger partial charge in [-0.1, -0.05) is 0 Å².